The fourth-order valence-electron chi connectivity index (χ4n) is 3.04. The Hall–Kier alpha value is -2.28. The van der Waals surface area contributed by atoms with E-state index in [1.807, 2.05) is 0 Å². The van der Waals surface area contributed by atoms with Crippen molar-refractivity contribution in [3.05, 3.63) is 61.3 Å². The number of hydrogen-bond donors (Lipinski definition) is 2. The molecule has 198 valence electrons. The van der Waals surface area contributed by atoms with Crippen LogP contribution in [0.4, 0.5) is 0 Å². The zero-order valence-electron chi connectivity index (χ0n) is 20.5. The summed E-state index contributed by atoms with van der Waals surface area (Å²) in [6, 6.07) is 5.49. The van der Waals surface area contributed by atoms with Crippen LogP contribution in [0.1, 0.15) is 39.5 Å². The van der Waals surface area contributed by atoms with Gasteiger partial charge in [0.1, 0.15) is 24.0 Å². The molecule has 2 aromatic rings. The second kappa shape index (κ2) is 11.4. The van der Waals surface area contributed by atoms with E-state index in [1.54, 1.807) is 52.0 Å². The number of esters is 1. The van der Waals surface area contributed by atoms with E-state index < -0.39 is 49.1 Å². The summed E-state index contributed by atoms with van der Waals surface area (Å²) >= 11 is 3.32. The average molecular weight is 590 g/mol. The van der Waals surface area contributed by atoms with E-state index in [-0.39, 0.29) is 19.0 Å². The molecule has 0 aliphatic carbocycles. The lowest BCUT2D eigenvalue weighted by Crippen LogP contribution is -2.39. The molecular weight excluding hydrogens is 561 g/mol. The van der Waals surface area contributed by atoms with Crippen molar-refractivity contribution in [1.29, 1.82) is 0 Å². The quantitative estimate of drug-likeness (QED) is 0.330. The lowest BCUT2D eigenvalue weighted by atomic mass is 10.2. The molecule has 3 rings (SSSR count). The van der Waals surface area contributed by atoms with Crippen molar-refractivity contribution >= 4 is 29.6 Å². The van der Waals surface area contributed by atoms with Gasteiger partial charge in [-0.1, -0.05) is 15.9 Å². The van der Waals surface area contributed by atoms with Crippen molar-refractivity contribution in [3.63, 3.8) is 0 Å². The number of H-pyrrole nitrogens is 1. The number of carbonyl (C=O) groups excluding carboxylic acids is 1. The number of aromatic amines is 1. The number of halogens is 1. The summed E-state index contributed by atoms with van der Waals surface area (Å²) in [5.41, 5.74) is -1.57. The van der Waals surface area contributed by atoms with Crippen LogP contribution in [0.3, 0.4) is 0 Å². The van der Waals surface area contributed by atoms with E-state index in [4.69, 9.17) is 23.3 Å². The molecule has 4 atom stereocenters. The van der Waals surface area contributed by atoms with E-state index in [0.29, 0.717) is 5.56 Å². The molecule has 1 unspecified atom stereocenters. The molecule has 36 heavy (non-hydrogen) atoms. The zero-order valence-corrected chi connectivity index (χ0v) is 23.0. The molecule has 0 bridgehead atoms. The minimum absolute atomic E-state index is 0.0149. The van der Waals surface area contributed by atoms with Crippen molar-refractivity contribution in [3.8, 4) is 5.75 Å². The first kappa shape index (κ1) is 28.3. The standard InChI is InChI=1S/C22H29BrN3O9P/c1-13-10-26(21(29)24-19(13)27)17-11-31-18(33-17)12-32-36(30,35-16-8-6-15(23)7-9-16)25-14(2)20(28)34-22(3,4)5/h6-10,14,17-18H,11-12H2,1-5H3,(H,25,30)(H,24,27,29)/t14-,17+,18+,36?/m0/s1. The summed E-state index contributed by atoms with van der Waals surface area (Å²) in [5.74, 6) is -0.418. The number of nitrogens with zero attached hydrogens (tertiary/aromatic N) is 1. The third kappa shape index (κ3) is 7.86. The predicted octanol–water partition coefficient (Wildman–Crippen LogP) is 3.00. The number of hydrogen-bond acceptors (Lipinski definition) is 9. The van der Waals surface area contributed by atoms with E-state index in [1.165, 1.54) is 17.7 Å². The van der Waals surface area contributed by atoms with Crippen LogP contribution >= 0.6 is 23.7 Å². The molecule has 12 nitrogen and oxygen atoms in total. The molecule has 1 aromatic heterocycles. The zero-order chi connectivity index (χ0) is 26.7. The molecule has 0 amide bonds. The summed E-state index contributed by atoms with van der Waals surface area (Å²) in [4.78, 5) is 38.4. The maximum atomic E-state index is 13.6. The number of aromatic nitrogens is 2. The fourth-order valence-corrected chi connectivity index (χ4v) is 4.78. The molecule has 2 heterocycles. The van der Waals surface area contributed by atoms with Crippen LogP contribution in [-0.4, -0.2) is 46.7 Å². The summed E-state index contributed by atoms with van der Waals surface area (Å²) in [6.45, 7) is 7.80. The van der Waals surface area contributed by atoms with Gasteiger partial charge in [0.15, 0.2) is 12.5 Å². The number of benzene rings is 1. The molecule has 0 radical (unpaired) electrons. The maximum absolute atomic E-state index is 13.6. The van der Waals surface area contributed by atoms with Crippen molar-refractivity contribution in [2.24, 2.45) is 0 Å². The Morgan fingerprint density at radius 2 is 1.97 bits per heavy atom. The van der Waals surface area contributed by atoms with Gasteiger partial charge in [0.05, 0.1) is 6.61 Å². The van der Waals surface area contributed by atoms with Gasteiger partial charge in [-0.3, -0.25) is 23.7 Å². The highest BCUT2D eigenvalue weighted by Crippen LogP contribution is 2.45. The van der Waals surface area contributed by atoms with Gasteiger partial charge in [-0.25, -0.2) is 9.36 Å². The van der Waals surface area contributed by atoms with Crippen LogP contribution in [-0.2, 0) is 28.1 Å². The second-order valence-corrected chi connectivity index (χ2v) is 11.7. The topological polar surface area (TPSA) is 147 Å². The van der Waals surface area contributed by atoms with Crippen LogP contribution in [0, 0.1) is 6.92 Å². The third-order valence-corrected chi connectivity index (χ3v) is 6.89. The van der Waals surface area contributed by atoms with Gasteiger partial charge in [-0.2, -0.15) is 5.09 Å². The Morgan fingerprint density at radius 1 is 1.31 bits per heavy atom. The fraction of sp³-hybridized carbons (Fsp3) is 0.500. The summed E-state index contributed by atoms with van der Waals surface area (Å²) < 4.78 is 43.3. The van der Waals surface area contributed by atoms with Gasteiger partial charge in [0.2, 0.25) is 0 Å². The van der Waals surface area contributed by atoms with Crippen LogP contribution in [0.15, 0.2) is 44.5 Å². The first-order valence-corrected chi connectivity index (χ1v) is 13.4. The minimum atomic E-state index is -4.14. The number of carbonyl (C=O) groups is 1. The van der Waals surface area contributed by atoms with Gasteiger partial charge in [-0.05, 0) is 58.9 Å². The van der Waals surface area contributed by atoms with Crippen LogP contribution < -0.4 is 20.9 Å². The lowest BCUT2D eigenvalue weighted by molar-refractivity contribution is -0.156. The Labute approximate surface area is 216 Å². The summed E-state index contributed by atoms with van der Waals surface area (Å²) in [7, 11) is -4.14. The SMILES string of the molecule is Cc1cn([C@H]2CO[C@@H](COP(=O)(N[C@@H](C)C(=O)OC(C)(C)C)Oc3ccc(Br)cc3)O2)c(=O)[nH]c1=O. The molecule has 1 aliphatic rings. The molecule has 2 N–H and O–H groups in total. The van der Waals surface area contributed by atoms with Crippen LogP contribution in [0.25, 0.3) is 0 Å². The average Bonchev–Trinajstić information content (AvgIpc) is 3.24. The van der Waals surface area contributed by atoms with Crippen molar-refractivity contribution in [1.82, 2.24) is 14.6 Å². The third-order valence-electron chi connectivity index (χ3n) is 4.72. The molecule has 14 heteroatoms. The molecule has 0 spiro atoms. The van der Waals surface area contributed by atoms with Gasteiger partial charge in [-0.15, -0.1) is 0 Å². The van der Waals surface area contributed by atoms with E-state index in [9.17, 15) is 18.9 Å². The lowest BCUT2D eigenvalue weighted by Gasteiger charge is -2.26. The number of rotatable bonds is 9. The van der Waals surface area contributed by atoms with Gasteiger partial charge >= 0.3 is 19.4 Å². The van der Waals surface area contributed by atoms with E-state index >= 15 is 0 Å². The highest BCUT2D eigenvalue weighted by atomic mass is 79.9. The second-order valence-electron chi connectivity index (χ2n) is 9.05. The first-order valence-electron chi connectivity index (χ1n) is 11.0. The predicted molar refractivity (Wildman–Crippen MR) is 133 cm³/mol. The molecule has 1 fully saturated rings. The van der Waals surface area contributed by atoms with Gasteiger partial charge < -0.3 is 18.7 Å². The molecule has 1 aliphatic heterocycles. The summed E-state index contributed by atoms with van der Waals surface area (Å²) in [6.07, 6.45) is -0.471. The highest BCUT2D eigenvalue weighted by molar-refractivity contribution is 9.10. The van der Waals surface area contributed by atoms with Gasteiger partial charge in [0.25, 0.3) is 5.56 Å². The smallest absolute Gasteiger partial charge is 0.459 e. The summed E-state index contributed by atoms with van der Waals surface area (Å²) in [5, 5.41) is 2.59. The van der Waals surface area contributed by atoms with Crippen LogP contribution in [0.2, 0.25) is 0 Å². The minimum Gasteiger partial charge on any atom is -0.459 e. The molecular formula is C22H29BrN3O9P. The van der Waals surface area contributed by atoms with E-state index in [2.05, 4.69) is 26.0 Å². The highest BCUT2D eigenvalue weighted by Gasteiger charge is 2.36. The molecule has 1 aromatic carbocycles. The Morgan fingerprint density at radius 3 is 2.61 bits per heavy atom. The normalized spacial score (nSPS) is 20.5. The monoisotopic (exact) mass is 589 g/mol. The molecule has 1 saturated heterocycles. The van der Waals surface area contributed by atoms with Crippen molar-refractivity contribution in [2.75, 3.05) is 13.2 Å². The van der Waals surface area contributed by atoms with Crippen LogP contribution in [0.5, 0.6) is 5.75 Å². The van der Waals surface area contributed by atoms with Gasteiger partial charge in [0, 0.05) is 16.2 Å². The number of aryl methyl sites for hydroxylation is 1. The first-order chi connectivity index (χ1) is 16.7. The van der Waals surface area contributed by atoms with Crippen molar-refractivity contribution < 1.29 is 32.6 Å². The Balaban J connectivity index is 1.71. The molecule has 0 saturated carbocycles. The van der Waals surface area contributed by atoms with Crippen molar-refractivity contribution in [2.45, 2.75) is 58.8 Å². The number of nitrogens with one attached hydrogen (secondary N) is 2. The maximum Gasteiger partial charge on any atom is 0.459 e. The number of ether oxygens (including phenoxy) is 3. The van der Waals surface area contributed by atoms with E-state index in [0.717, 1.165) is 4.47 Å². The largest absolute Gasteiger partial charge is 0.459 e. The Kier molecular flexibility index (Phi) is 8.97. The Bertz CT molecular complexity index is 1240.